The molecule has 0 atom stereocenters. The van der Waals surface area contributed by atoms with Gasteiger partial charge in [0.25, 0.3) is 0 Å². The molecule has 1 heterocycles. The third-order valence-corrected chi connectivity index (χ3v) is 3.74. The highest BCUT2D eigenvalue weighted by atomic mass is 31.2. The summed E-state index contributed by atoms with van der Waals surface area (Å²) in [6.45, 7) is 0.886. The molecule has 0 aliphatic heterocycles. The molecule has 12 nitrogen and oxygen atoms in total. The number of rotatable bonds is 9. The molecule has 138 valence electrons. The van der Waals surface area contributed by atoms with E-state index < -0.39 is 39.6 Å². The van der Waals surface area contributed by atoms with Crippen LogP contribution in [-0.4, -0.2) is 55.0 Å². The molecule has 6 N–H and O–H groups in total. The van der Waals surface area contributed by atoms with Crippen molar-refractivity contribution in [2.75, 3.05) is 31.6 Å². The van der Waals surface area contributed by atoms with Gasteiger partial charge in [-0.2, -0.15) is 4.98 Å². The van der Waals surface area contributed by atoms with Gasteiger partial charge in [-0.25, -0.2) is 4.79 Å². The van der Waals surface area contributed by atoms with Crippen LogP contribution in [0.5, 0.6) is 0 Å². The van der Waals surface area contributed by atoms with Crippen LogP contribution in [0.1, 0.15) is 11.6 Å². The Labute approximate surface area is 136 Å². The number of nitrogens with zero attached hydrogens (tertiary/aromatic N) is 2. The lowest BCUT2D eigenvalue weighted by molar-refractivity contribution is 0.0624. The van der Waals surface area contributed by atoms with Gasteiger partial charge < -0.3 is 34.8 Å². The van der Waals surface area contributed by atoms with Gasteiger partial charge in [0.2, 0.25) is 0 Å². The van der Waals surface area contributed by atoms with Crippen LogP contribution in [0, 0.1) is 6.92 Å². The van der Waals surface area contributed by atoms with Crippen molar-refractivity contribution in [2.24, 2.45) is 0 Å². The van der Waals surface area contributed by atoms with Gasteiger partial charge in [0.05, 0.1) is 19.3 Å². The van der Waals surface area contributed by atoms with Crippen molar-refractivity contribution in [3.63, 3.8) is 0 Å². The van der Waals surface area contributed by atoms with Crippen molar-refractivity contribution < 1.29 is 38.2 Å². The van der Waals surface area contributed by atoms with Crippen LogP contribution in [0.15, 0.2) is 11.0 Å². The second-order valence-corrected chi connectivity index (χ2v) is 8.16. The normalized spacial score (nSPS) is 12.8. The van der Waals surface area contributed by atoms with E-state index in [4.69, 9.17) is 34.8 Å². The number of aromatic nitrogens is 2. The first-order valence-electron chi connectivity index (χ1n) is 6.49. The molecular weight excluding hydrogens is 368 g/mol. The van der Waals surface area contributed by atoms with E-state index >= 15 is 0 Å². The van der Waals surface area contributed by atoms with Crippen LogP contribution in [-0.2, 0) is 18.6 Å². The molecule has 0 aliphatic rings. The minimum Gasteiger partial charge on any atom is -0.383 e. The van der Waals surface area contributed by atoms with Crippen LogP contribution in [0.2, 0.25) is 0 Å². The lowest BCUT2D eigenvalue weighted by Gasteiger charge is -2.20. The van der Waals surface area contributed by atoms with Crippen molar-refractivity contribution in [1.82, 2.24) is 9.55 Å². The quantitative estimate of drug-likeness (QED) is 0.325. The topological polar surface area (TPSA) is 194 Å². The monoisotopic (exact) mass is 387 g/mol. The second-order valence-electron chi connectivity index (χ2n) is 4.98. The summed E-state index contributed by atoms with van der Waals surface area (Å²) in [6.07, 6.45) is -0.409. The number of ether oxygens (including phenoxy) is 2. The van der Waals surface area contributed by atoms with Gasteiger partial charge in [-0.1, -0.05) is 0 Å². The lowest BCUT2D eigenvalue weighted by Crippen LogP contribution is -2.33. The number of nitrogens with two attached hydrogens (primary N) is 1. The van der Waals surface area contributed by atoms with Gasteiger partial charge in [0, 0.05) is 11.8 Å². The average molecular weight is 387 g/mol. The minimum atomic E-state index is -4.41. The van der Waals surface area contributed by atoms with E-state index in [1.54, 1.807) is 6.92 Å². The van der Waals surface area contributed by atoms with Crippen LogP contribution < -0.4 is 11.4 Å². The van der Waals surface area contributed by atoms with Crippen molar-refractivity contribution in [2.45, 2.75) is 13.0 Å². The maximum atomic E-state index is 11.9. The summed E-state index contributed by atoms with van der Waals surface area (Å²) in [5.41, 5.74) is 5.21. The van der Waals surface area contributed by atoms with Crippen molar-refractivity contribution in [1.29, 1.82) is 0 Å². The summed E-state index contributed by atoms with van der Waals surface area (Å²) in [5, 5.41) is 0. The molecule has 24 heavy (non-hydrogen) atoms. The molecule has 0 unspecified atom stereocenters. The molecule has 0 amide bonds. The Balaban J connectivity index is 2.91. The standard InChI is InChI=1S/C10H19N3O9P2/c1-7-2-13(10(14)12-9(7)11)8(3-21-5-23(15,16)17)4-22-6-24(18,19)20/h2,8H,3-6H2,1H3,(H2,11,12,14)(H2,15,16,17)(H2,18,19,20). The van der Waals surface area contributed by atoms with Gasteiger partial charge in [-0.05, 0) is 6.92 Å². The van der Waals surface area contributed by atoms with Gasteiger partial charge in [-0.3, -0.25) is 13.7 Å². The number of hydrogen-bond donors (Lipinski definition) is 5. The Hall–Kier alpha value is -1.10. The summed E-state index contributed by atoms with van der Waals surface area (Å²) in [4.78, 5) is 50.6. The van der Waals surface area contributed by atoms with E-state index in [9.17, 15) is 13.9 Å². The molecule has 1 aromatic heterocycles. The molecule has 0 aliphatic carbocycles. The van der Waals surface area contributed by atoms with E-state index in [-0.39, 0.29) is 19.0 Å². The Kier molecular flexibility index (Phi) is 7.26. The zero-order valence-electron chi connectivity index (χ0n) is 12.7. The van der Waals surface area contributed by atoms with Crippen LogP contribution >= 0.6 is 15.2 Å². The summed E-state index contributed by atoms with van der Waals surface area (Å²) in [6, 6.07) is -0.914. The van der Waals surface area contributed by atoms with E-state index in [2.05, 4.69) is 4.98 Å². The van der Waals surface area contributed by atoms with Crippen LogP contribution in [0.25, 0.3) is 0 Å². The maximum Gasteiger partial charge on any atom is 0.350 e. The first-order chi connectivity index (χ1) is 10.9. The molecule has 0 bridgehead atoms. The summed E-state index contributed by atoms with van der Waals surface area (Å²) in [5.74, 6) is 0.0160. The SMILES string of the molecule is Cc1cn(C(COCP(=O)(O)O)COCP(=O)(O)O)c(=O)nc1N. The highest BCUT2D eigenvalue weighted by molar-refractivity contribution is 7.51. The summed E-state index contributed by atoms with van der Waals surface area (Å²) < 4.78 is 32.4. The number of anilines is 1. The van der Waals surface area contributed by atoms with E-state index in [1.165, 1.54) is 6.20 Å². The van der Waals surface area contributed by atoms with Crippen LogP contribution in [0.4, 0.5) is 5.82 Å². The molecular formula is C10H19N3O9P2. The summed E-state index contributed by atoms with van der Waals surface area (Å²) >= 11 is 0. The molecule has 0 spiro atoms. The molecule has 1 rings (SSSR count). The number of hydrogen-bond acceptors (Lipinski definition) is 7. The predicted molar refractivity (Wildman–Crippen MR) is 82.4 cm³/mol. The smallest absolute Gasteiger partial charge is 0.350 e. The van der Waals surface area contributed by atoms with Crippen molar-refractivity contribution in [3.05, 3.63) is 22.2 Å². The van der Waals surface area contributed by atoms with Crippen LogP contribution in [0.3, 0.4) is 0 Å². The van der Waals surface area contributed by atoms with Crippen molar-refractivity contribution in [3.8, 4) is 0 Å². The molecule has 0 aromatic carbocycles. The Morgan fingerprint density at radius 2 is 1.62 bits per heavy atom. The van der Waals surface area contributed by atoms with Gasteiger partial charge in [0.15, 0.2) is 0 Å². The Morgan fingerprint density at radius 1 is 1.17 bits per heavy atom. The first-order valence-corrected chi connectivity index (χ1v) is 10.1. The number of aryl methyl sites for hydroxylation is 1. The fraction of sp³-hybridized carbons (Fsp3) is 0.600. The van der Waals surface area contributed by atoms with E-state index in [0.29, 0.717) is 5.56 Å². The second kappa shape index (κ2) is 8.32. The highest BCUT2D eigenvalue weighted by Crippen LogP contribution is 2.35. The maximum absolute atomic E-state index is 11.9. The van der Waals surface area contributed by atoms with Gasteiger partial charge in [-0.15, -0.1) is 0 Å². The minimum absolute atomic E-state index is 0.0160. The van der Waals surface area contributed by atoms with Gasteiger partial charge >= 0.3 is 20.9 Å². The average Bonchev–Trinajstić information content (AvgIpc) is 2.38. The Bertz CT molecular complexity index is 682. The largest absolute Gasteiger partial charge is 0.383 e. The first kappa shape index (κ1) is 20.9. The van der Waals surface area contributed by atoms with Crippen molar-refractivity contribution >= 4 is 21.0 Å². The molecule has 0 saturated carbocycles. The zero-order chi connectivity index (χ0) is 18.5. The van der Waals surface area contributed by atoms with Gasteiger partial charge in [0.1, 0.15) is 18.5 Å². The molecule has 1 aromatic rings. The third-order valence-electron chi connectivity index (χ3n) is 2.71. The lowest BCUT2D eigenvalue weighted by atomic mass is 10.3. The fourth-order valence-corrected chi connectivity index (χ4v) is 2.35. The van der Waals surface area contributed by atoms with E-state index in [1.807, 2.05) is 0 Å². The molecule has 0 saturated heterocycles. The predicted octanol–water partition coefficient (Wildman–Crippen LogP) is -1.02. The molecule has 14 heteroatoms. The third kappa shape index (κ3) is 7.65. The zero-order valence-corrected chi connectivity index (χ0v) is 14.5. The highest BCUT2D eigenvalue weighted by Gasteiger charge is 2.21. The number of nitrogen functional groups attached to an aromatic ring is 1. The molecule has 0 radical (unpaired) electrons. The summed E-state index contributed by atoms with van der Waals surface area (Å²) in [7, 11) is -8.81. The van der Waals surface area contributed by atoms with E-state index in [0.717, 1.165) is 4.57 Å². The fourth-order valence-electron chi connectivity index (χ4n) is 1.66. The molecule has 0 fully saturated rings. The Morgan fingerprint density at radius 3 is 2.04 bits per heavy atom.